The average molecular weight is 318 g/mol. The molecule has 0 aromatic heterocycles. The Morgan fingerprint density at radius 3 is 1.88 bits per heavy atom. The van der Waals surface area contributed by atoms with E-state index in [0.29, 0.717) is 0 Å². The van der Waals surface area contributed by atoms with Crippen molar-refractivity contribution in [2.45, 2.75) is 25.2 Å². The van der Waals surface area contributed by atoms with Crippen molar-refractivity contribution in [2.24, 2.45) is 0 Å². The summed E-state index contributed by atoms with van der Waals surface area (Å²) >= 11 is 0. The second kappa shape index (κ2) is 6.74. The number of rotatable bonds is 5. The Kier molecular flexibility index (Phi) is 4.68. The summed E-state index contributed by atoms with van der Waals surface area (Å²) in [5.74, 6) is 0. The number of benzene rings is 2. The first-order chi connectivity index (χ1) is 11.6. The van der Waals surface area contributed by atoms with Crippen LogP contribution in [0.2, 0.25) is 0 Å². The molecule has 2 aromatic rings. The Hall–Kier alpha value is -2.19. The highest BCUT2D eigenvalue weighted by Crippen LogP contribution is 2.44. The van der Waals surface area contributed by atoms with E-state index >= 15 is 0 Å². The monoisotopic (exact) mass is 318 g/mol. The van der Waals surface area contributed by atoms with E-state index in [1.165, 1.54) is 22.3 Å². The molecular weight excluding hydrogens is 292 g/mol. The summed E-state index contributed by atoms with van der Waals surface area (Å²) in [7, 11) is 4.21. The fourth-order valence-electron chi connectivity index (χ4n) is 3.83. The van der Waals surface area contributed by atoms with Gasteiger partial charge in [-0.1, -0.05) is 67.6 Å². The van der Waals surface area contributed by atoms with Gasteiger partial charge in [0.1, 0.15) is 0 Å². The van der Waals surface area contributed by atoms with Crippen LogP contribution in [-0.2, 0) is 5.41 Å². The minimum Gasteiger partial charge on any atom is -0.309 e. The van der Waals surface area contributed by atoms with Gasteiger partial charge in [0.25, 0.3) is 0 Å². The predicted molar refractivity (Wildman–Crippen MR) is 104 cm³/mol. The van der Waals surface area contributed by atoms with Gasteiger partial charge in [0.2, 0.25) is 0 Å². The Labute approximate surface area is 145 Å². The van der Waals surface area contributed by atoms with Crippen LogP contribution >= 0.6 is 0 Å². The summed E-state index contributed by atoms with van der Waals surface area (Å²) in [5, 5.41) is 8.94. The molecule has 3 rings (SSSR count). The van der Waals surface area contributed by atoms with Crippen LogP contribution in [0.15, 0.2) is 48.5 Å². The molecule has 2 aromatic carbocycles. The lowest BCUT2D eigenvalue weighted by atomic mass is 9.66. The third-order valence-corrected chi connectivity index (χ3v) is 5.09. The van der Waals surface area contributed by atoms with Crippen molar-refractivity contribution in [3.8, 4) is 0 Å². The molecule has 0 saturated carbocycles. The minimum absolute atomic E-state index is 0.351. The summed E-state index contributed by atoms with van der Waals surface area (Å²) in [6.45, 7) is 3.05. The third kappa shape index (κ3) is 2.71. The van der Waals surface area contributed by atoms with Gasteiger partial charge in [-0.25, -0.2) is 0 Å². The lowest BCUT2D eigenvalue weighted by Gasteiger charge is -2.38. The van der Waals surface area contributed by atoms with Crippen molar-refractivity contribution in [2.75, 3.05) is 20.6 Å². The zero-order valence-electron chi connectivity index (χ0n) is 14.8. The Balaban J connectivity index is 2.32. The van der Waals surface area contributed by atoms with Crippen LogP contribution in [0, 0.1) is 5.41 Å². The van der Waals surface area contributed by atoms with Crippen LogP contribution in [-0.4, -0.2) is 31.3 Å². The first-order valence-corrected chi connectivity index (χ1v) is 8.69. The number of fused-ring (bicyclic) bond motifs is 2. The molecule has 0 aliphatic heterocycles. The van der Waals surface area contributed by atoms with Crippen molar-refractivity contribution < 1.29 is 0 Å². The second-order valence-electron chi connectivity index (χ2n) is 6.80. The van der Waals surface area contributed by atoms with E-state index in [2.05, 4.69) is 86.6 Å². The predicted octanol–water partition coefficient (Wildman–Crippen LogP) is 4.84. The molecule has 1 aliphatic rings. The molecule has 0 spiro atoms. The molecule has 0 unspecified atom stereocenters. The van der Waals surface area contributed by atoms with Gasteiger partial charge in [-0.15, -0.1) is 0 Å². The molecule has 0 atom stereocenters. The zero-order chi connectivity index (χ0) is 17.2. The van der Waals surface area contributed by atoms with E-state index in [4.69, 9.17) is 5.41 Å². The molecule has 1 aliphatic carbocycles. The number of hydrogen-bond acceptors (Lipinski definition) is 2. The Bertz CT molecular complexity index is 722. The van der Waals surface area contributed by atoms with Crippen molar-refractivity contribution >= 4 is 17.9 Å². The van der Waals surface area contributed by atoms with Gasteiger partial charge in [0.05, 0.1) is 5.41 Å². The van der Waals surface area contributed by atoms with Crippen LogP contribution in [0.1, 0.15) is 42.0 Å². The number of hydrogen-bond donors (Lipinski definition) is 1. The summed E-state index contributed by atoms with van der Waals surface area (Å²) in [6.07, 6.45) is 6.08. The second-order valence-corrected chi connectivity index (χ2v) is 6.80. The minimum atomic E-state index is -0.351. The molecule has 0 amide bonds. The molecule has 124 valence electrons. The molecule has 0 saturated heterocycles. The fourth-order valence-corrected chi connectivity index (χ4v) is 3.83. The summed E-state index contributed by atoms with van der Waals surface area (Å²) in [6, 6.07) is 17.2. The van der Waals surface area contributed by atoms with Gasteiger partial charge in [-0.05, 0) is 55.7 Å². The van der Waals surface area contributed by atoms with Gasteiger partial charge < -0.3 is 10.3 Å². The Morgan fingerprint density at radius 2 is 1.42 bits per heavy atom. The number of nitrogens with one attached hydrogen (secondary N) is 1. The van der Waals surface area contributed by atoms with Gasteiger partial charge in [0.15, 0.2) is 0 Å². The zero-order valence-corrected chi connectivity index (χ0v) is 14.8. The molecule has 1 N–H and O–H groups in total. The lowest BCUT2D eigenvalue weighted by Crippen LogP contribution is -2.40. The molecule has 2 nitrogen and oxygen atoms in total. The van der Waals surface area contributed by atoms with Crippen LogP contribution < -0.4 is 0 Å². The molecule has 0 bridgehead atoms. The molecule has 0 heterocycles. The van der Waals surface area contributed by atoms with Gasteiger partial charge in [-0.3, -0.25) is 0 Å². The van der Waals surface area contributed by atoms with Crippen molar-refractivity contribution in [1.29, 1.82) is 5.41 Å². The van der Waals surface area contributed by atoms with Crippen molar-refractivity contribution in [1.82, 2.24) is 4.90 Å². The highest BCUT2D eigenvalue weighted by atomic mass is 15.0. The first kappa shape index (κ1) is 16.7. The van der Waals surface area contributed by atoms with E-state index in [1.807, 2.05) is 0 Å². The van der Waals surface area contributed by atoms with Crippen molar-refractivity contribution in [3.63, 3.8) is 0 Å². The standard InChI is InChI=1S/C22H26N2/c1-4-21(23)22(15-16-24(2)3)19-11-7-5-9-17(19)13-14-18-10-6-8-12-20(18)22/h5-14,23H,4,15-16H2,1-3H3. The van der Waals surface area contributed by atoms with Gasteiger partial charge >= 0.3 is 0 Å². The average Bonchev–Trinajstić information content (AvgIpc) is 2.75. The highest BCUT2D eigenvalue weighted by molar-refractivity contribution is 5.99. The Morgan fingerprint density at radius 1 is 0.917 bits per heavy atom. The molecule has 2 heteroatoms. The van der Waals surface area contributed by atoms with Crippen molar-refractivity contribution in [3.05, 3.63) is 70.8 Å². The van der Waals surface area contributed by atoms with E-state index in [-0.39, 0.29) is 5.41 Å². The summed E-state index contributed by atoms with van der Waals surface area (Å²) in [5.41, 5.74) is 5.43. The quantitative estimate of drug-likeness (QED) is 0.785. The maximum atomic E-state index is 8.94. The topological polar surface area (TPSA) is 27.1 Å². The van der Waals surface area contributed by atoms with Gasteiger partial charge in [-0.2, -0.15) is 0 Å². The number of nitrogens with zero attached hydrogens (tertiary/aromatic N) is 1. The third-order valence-electron chi connectivity index (χ3n) is 5.09. The van der Waals surface area contributed by atoms with E-state index in [1.54, 1.807) is 0 Å². The maximum absolute atomic E-state index is 8.94. The lowest BCUT2D eigenvalue weighted by molar-refractivity contribution is 0.374. The van der Waals surface area contributed by atoms with Crippen LogP contribution in [0.25, 0.3) is 12.2 Å². The molecule has 0 fully saturated rings. The van der Waals surface area contributed by atoms with Gasteiger partial charge in [0, 0.05) is 5.71 Å². The van der Waals surface area contributed by atoms with E-state index in [9.17, 15) is 0 Å². The normalized spacial score (nSPS) is 14.8. The van der Waals surface area contributed by atoms with E-state index < -0.39 is 0 Å². The SMILES string of the molecule is CCC(=N)C1(CCN(C)C)c2ccccc2C=Cc2ccccc21. The van der Waals surface area contributed by atoms with Crippen LogP contribution in [0.5, 0.6) is 0 Å². The highest BCUT2D eigenvalue weighted by Gasteiger charge is 2.40. The van der Waals surface area contributed by atoms with Crippen LogP contribution in [0.4, 0.5) is 0 Å². The smallest absolute Gasteiger partial charge is 0.0601 e. The first-order valence-electron chi connectivity index (χ1n) is 8.69. The maximum Gasteiger partial charge on any atom is 0.0601 e. The molecule has 0 radical (unpaired) electrons. The van der Waals surface area contributed by atoms with E-state index in [0.717, 1.165) is 25.1 Å². The summed E-state index contributed by atoms with van der Waals surface area (Å²) in [4.78, 5) is 2.22. The summed E-state index contributed by atoms with van der Waals surface area (Å²) < 4.78 is 0. The fraction of sp³-hybridized carbons (Fsp3) is 0.318. The largest absolute Gasteiger partial charge is 0.309 e. The van der Waals surface area contributed by atoms with Crippen LogP contribution in [0.3, 0.4) is 0 Å². The molecule has 24 heavy (non-hydrogen) atoms. The molecular formula is C22H26N2.